The number of rotatable bonds is 6. The molecular formula is C21H13Cl2N3O3. The summed E-state index contributed by atoms with van der Waals surface area (Å²) in [6, 6.07) is 18.6. The second-order valence-corrected chi connectivity index (χ2v) is 6.79. The molecule has 0 saturated carbocycles. The monoisotopic (exact) mass is 425 g/mol. The Balaban J connectivity index is 1.44. The first-order valence-corrected chi connectivity index (χ1v) is 9.26. The zero-order valence-corrected chi connectivity index (χ0v) is 16.3. The molecule has 1 heterocycles. The van der Waals surface area contributed by atoms with Gasteiger partial charge in [-0.25, -0.2) is 0 Å². The molecule has 0 aliphatic carbocycles. The third-order valence-corrected chi connectivity index (χ3v) is 4.51. The van der Waals surface area contributed by atoms with Gasteiger partial charge in [-0.1, -0.05) is 28.0 Å². The van der Waals surface area contributed by atoms with Crippen molar-refractivity contribution in [2.45, 2.75) is 0 Å². The fourth-order valence-electron chi connectivity index (χ4n) is 2.56. The van der Waals surface area contributed by atoms with Crippen molar-refractivity contribution in [3.8, 4) is 17.2 Å². The van der Waals surface area contributed by atoms with Crippen molar-refractivity contribution in [2.75, 3.05) is 0 Å². The molecule has 0 N–H and O–H groups in total. The molecule has 4 aromatic rings. The number of carbonyl (C=O) groups excluding carboxylic acids is 1. The molecule has 0 bridgehead atoms. The van der Waals surface area contributed by atoms with Crippen LogP contribution in [0.25, 0.3) is 0 Å². The lowest BCUT2D eigenvalue weighted by Gasteiger charge is -2.09. The Morgan fingerprint density at radius 2 is 1.52 bits per heavy atom. The van der Waals surface area contributed by atoms with Crippen LogP contribution < -0.4 is 9.57 Å². The number of hydrogen-bond donors (Lipinski definition) is 0. The van der Waals surface area contributed by atoms with Gasteiger partial charge in [-0.15, -0.1) is 5.10 Å². The summed E-state index contributed by atoms with van der Waals surface area (Å²) >= 11 is 12.1. The maximum atomic E-state index is 12.6. The molecule has 0 fully saturated rings. The summed E-state index contributed by atoms with van der Waals surface area (Å²) < 4.78 is 5.80. The summed E-state index contributed by atoms with van der Waals surface area (Å²) in [5.74, 6) is 1.58. The highest BCUT2D eigenvalue weighted by Crippen LogP contribution is 2.27. The van der Waals surface area contributed by atoms with E-state index in [1.807, 2.05) is 0 Å². The smallest absolute Gasteiger partial charge is 0.194 e. The normalized spacial score (nSPS) is 10.6. The summed E-state index contributed by atoms with van der Waals surface area (Å²) in [4.78, 5) is 19.4. The Hall–Kier alpha value is -3.35. The van der Waals surface area contributed by atoms with Crippen LogP contribution in [-0.4, -0.2) is 20.9 Å². The fraction of sp³-hybridized carbons (Fsp3) is 0. The zero-order chi connectivity index (χ0) is 20.2. The Kier molecular flexibility index (Phi) is 5.46. The number of hydrogen-bond acceptors (Lipinski definition) is 5. The molecule has 0 amide bonds. The minimum absolute atomic E-state index is 0.210. The van der Waals surface area contributed by atoms with Crippen molar-refractivity contribution in [3.63, 3.8) is 0 Å². The average Bonchev–Trinajstić information content (AvgIpc) is 3.24. The molecule has 0 saturated heterocycles. The first kappa shape index (κ1) is 19.0. The van der Waals surface area contributed by atoms with Gasteiger partial charge in [-0.2, -0.15) is 0 Å². The van der Waals surface area contributed by atoms with Crippen LogP contribution in [0.1, 0.15) is 15.9 Å². The van der Waals surface area contributed by atoms with Crippen molar-refractivity contribution in [2.24, 2.45) is 0 Å². The Labute approximate surface area is 176 Å². The zero-order valence-electron chi connectivity index (χ0n) is 14.8. The Bertz CT molecular complexity index is 1130. The molecule has 4 rings (SSSR count). The van der Waals surface area contributed by atoms with Gasteiger partial charge in [0.05, 0.1) is 17.4 Å². The molecule has 29 heavy (non-hydrogen) atoms. The van der Waals surface area contributed by atoms with Gasteiger partial charge < -0.3 is 9.57 Å². The predicted octanol–water partition coefficient (Wildman–Crippen LogP) is 5.45. The van der Waals surface area contributed by atoms with Crippen LogP contribution in [0.4, 0.5) is 0 Å². The summed E-state index contributed by atoms with van der Waals surface area (Å²) in [6.07, 6.45) is 3.11. The lowest BCUT2D eigenvalue weighted by atomic mass is 10.0. The van der Waals surface area contributed by atoms with Gasteiger partial charge in [0, 0.05) is 16.1 Å². The van der Waals surface area contributed by atoms with Gasteiger partial charge in [-0.05, 0) is 71.9 Å². The van der Waals surface area contributed by atoms with Crippen LogP contribution in [0.3, 0.4) is 0 Å². The van der Waals surface area contributed by atoms with Gasteiger partial charge >= 0.3 is 0 Å². The molecular weight excluding hydrogens is 413 g/mol. The van der Waals surface area contributed by atoms with Crippen molar-refractivity contribution in [1.29, 1.82) is 0 Å². The maximum Gasteiger partial charge on any atom is 0.194 e. The molecule has 144 valence electrons. The highest BCUT2D eigenvalue weighted by molar-refractivity contribution is 6.36. The van der Waals surface area contributed by atoms with E-state index in [2.05, 4.69) is 10.3 Å². The minimum atomic E-state index is -0.210. The predicted molar refractivity (Wildman–Crippen MR) is 109 cm³/mol. The van der Waals surface area contributed by atoms with E-state index < -0.39 is 0 Å². The lowest BCUT2D eigenvalue weighted by molar-refractivity contribution is 0.103. The van der Waals surface area contributed by atoms with Crippen molar-refractivity contribution >= 4 is 29.0 Å². The molecule has 1 aromatic heterocycles. The van der Waals surface area contributed by atoms with Crippen LogP contribution in [0.2, 0.25) is 10.0 Å². The second kappa shape index (κ2) is 8.34. The van der Waals surface area contributed by atoms with E-state index in [4.69, 9.17) is 32.8 Å². The third kappa shape index (κ3) is 4.56. The molecule has 0 spiro atoms. The van der Waals surface area contributed by atoms with Gasteiger partial charge in [0.25, 0.3) is 0 Å². The largest absolute Gasteiger partial charge is 0.457 e. The number of aromatic nitrogens is 3. The maximum absolute atomic E-state index is 12.6. The fourth-order valence-corrected chi connectivity index (χ4v) is 2.94. The minimum Gasteiger partial charge on any atom is -0.457 e. The van der Waals surface area contributed by atoms with Crippen LogP contribution >= 0.6 is 23.2 Å². The molecule has 0 unspecified atom stereocenters. The number of nitrogens with zero attached hydrogens (tertiary/aromatic N) is 3. The lowest BCUT2D eigenvalue weighted by Crippen LogP contribution is -2.05. The van der Waals surface area contributed by atoms with Gasteiger partial charge in [0.15, 0.2) is 11.5 Å². The highest BCUT2D eigenvalue weighted by Gasteiger charge is 2.13. The number of benzene rings is 3. The summed E-state index contributed by atoms with van der Waals surface area (Å²) in [7, 11) is 0. The summed E-state index contributed by atoms with van der Waals surface area (Å²) in [6.45, 7) is 0. The molecule has 6 nitrogen and oxygen atoms in total. The number of halogens is 2. The molecule has 0 aliphatic heterocycles. The standard InChI is InChI=1S/C21H13Cl2N3O3/c22-15-3-10-20(23)19(13-15)21(27)14-1-4-16(5-2-14)28-17-6-8-18(9-7-17)29-26-12-11-24-25-26/h1-13H. The van der Waals surface area contributed by atoms with Crippen LogP contribution in [-0.2, 0) is 0 Å². The Morgan fingerprint density at radius 1 is 0.862 bits per heavy atom. The summed E-state index contributed by atoms with van der Waals surface area (Å²) in [5, 5.41) is 8.20. The Morgan fingerprint density at radius 3 is 2.17 bits per heavy atom. The topological polar surface area (TPSA) is 66.2 Å². The van der Waals surface area contributed by atoms with E-state index in [9.17, 15) is 4.79 Å². The van der Waals surface area contributed by atoms with E-state index in [-0.39, 0.29) is 5.78 Å². The third-order valence-electron chi connectivity index (χ3n) is 3.95. The van der Waals surface area contributed by atoms with Crippen LogP contribution in [0.15, 0.2) is 79.1 Å². The van der Waals surface area contributed by atoms with Crippen molar-refractivity contribution in [1.82, 2.24) is 15.2 Å². The quantitative estimate of drug-likeness (QED) is 0.384. The summed E-state index contributed by atoms with van der Waals surface area (Å²) in [5.41, 5.74) is 0.842. The van der Waals surface area contributed by atoms with Crippen LogP contribution in [0, 0.1) is 0 Å². The van der Waals surface area contributed by atoms with E-state index in [1.54, 1.807) is 72.9 Å². The molecule has 0 atom stereocenters. The van der Waals surface area contributed by atoms with Crippen molar-refractivity contribution < 1.29 is 14.4 Å². The van der Waals surface area contributed by atoms with Gasteiger partial charge in [0.1, 0.15) is 11.5 Å². The molecule has 0 radical (unpaired) electrons. The van der Waals surface area contributed by atoms with E-state index in [0.717, 1.165) is 0 Å². The molecule has 3 aromatic carbocycles. The highest BCUT2D eigenvalue weighted by atomic mass is 35.5. The molecule has 0 aliphatic rings. The van der Waals surface area contributed by atoms with Crippen LogP contribution in [0.5, 0.6) is 17.2 Å². The van der Waals surface area contributed by atoms with E-state index >= 15 is 0 Å². The first-order chi connectivity index (χ1) is 14.1. The number of carbonyl (C=O) groups is 1. The van der Waals surface area contributed by atoms with Crippen molar-refractivity contribution in [3.05, 3.63) is 100 Å². The number of ether oxygens (including phenoxy) is 1. The second-order valence-electron chi connectivity index (χ2n) is 5.95. The molecule has 8 heteroatoms. The average molecular weight is 426 g/mol. The van der Waals surface area contributed by atoms with Gasteiger partial charge in [0.2, 0.25) is 0 Å². The van der Waals surface area contributed by atoms with Gasteiger partial charge in [-0.3, -0.25) is 4.79 Å². The number of ketones is 1. The van der Waals surface area contributed by atoms with E-state index in [0.29, 0.717) is 38.4 Å². The SMILES string of the molecule is O=C(c1ccc(Oc2ccc(On3ccnn3)cc2)cc1)c1cc(Cl)ccc1Cl. The first-order valence-electron chi connectivity index (χ1n) is 8.51. The van der Waals surface area contributed by atoms with E-state index in [1.165, 1.54) is 11.0 Å².